The van der Waals surface area contributed by atoms with E-state index in [9.17, 15) is 24.3 Å². The average Bonchev–Trinajstić information content (AvgIpc) is 3.29. The Balaban J connectivity index is 1.60. The summed E-state index contributed by atoms with van der Waals surface area (Å²) in [6.07, 6.45) is 6.04. The number of carbonyl (C=O) groups is 4. The van der Waals surface area contributed by atoms with Crippen LogP contribution in [0.4, 0.5) is 0 Å². The van der Waals surface area contributed by atoms with Crippen molar-refractivity contribution in [2.24, 2.45) is 11.8 Å². The number of benzene rings is 1. The topological polar surface area (TPSA) is 125 Å². The fourth-order valence-electron chi connectivity index (χ4n) is 6.66. The molecule has 4 aliphatic rings. The maximum Gasteiger partial charge on any atom is 0.313 e. The van der Waals surface area contributed by atoms with Crippen LogP contribution in [0.3, 0.4) is 0 Å². The number of carbonyl (C=O) groups excluding carboxylic acids is 4. The number of fused-ring (bicyclic) bond motifs is 2. The summed E-state index contributed by atoms with van der Waals surface area (Å²) in [4.78, 5) is 58.1. The maximum atomic E-state index is 14.1. The standard InChI is InChI=1S/C31H39N3O7/c1-19-25(20-11-6-5-7-12-20)40-29(39)23-21(13-8-9-14-22(36)32-19)41-31-15-10-16-34(30(2,3)4)28(38)26(31)33(17-18-35)27(37)24(23)31/h5-8,10-13,15,19,21,23-26,35H,9,14,16-18H2,1-4H3,(H,32,36)/b13-8-/t19-,21-,23+,24+,25+,26-,31+/m0/s1. The number of β-amino-alcohol motifs (C(OH)–C–C–N with tert-alkyl or cyclic N) is 1. The van der Waals surface area contributed by atoms with Gasteiger partial charge in [-0.05, 0) is 39.7 Å². The maximum absolute atomic E-state index is 14.1. The van der Waals surface area contributed by atoms with Gasteiger partial charge in [0.15, 0.2) is 0 Å². The molecule has 0 unspecified atom stereocenters. The molecular formula is C31H39N3O7. The molecule has 0 aromatic heterocycles. The normalized spacial score (nSPS) is 35.0. The quantitative estimate of drug-likeness (QED) is 0.424. The lowest BCUT2D eigenvalue weighted by molar-refractivity contribution is -0.161. The van der Waals surface area contributed by atoms with Gasteiger partial charge in [-0.2, -0.15) is 0 Å². The summed E-state index contributed by atoms with van der Waals surface area (Å²) in [6, 6.07) is 7.56. The fraction of sp³-hybridized carbons (Fsp3) is 0.548. The first-order valence-electron chi connectivity index (χ1n) is 14.3. The number of cyclic esters (lactones) is 1. The summed E-state index contributed by atoms with van der Waals surface area (Å²) in [7, 11) is 0. The molecule has 5 rings (SSSR count). The van der Waals surface area contributed by atoms with Gasteiger partial charge in [-0.25, -0.2) is 0 Å². The van der Waals surface area contributed by atoms with Gasteiger partial charge in [0.2, 0.25) is 17.7 Å². The van der Waals surface area contributed by atoms with Crippen molar-refractivity contribution in [3.8, 4) is 0 Å². The molecule has 4 aliphatic heterocycles. The van der Waals surface area contributed by atoms with Crippen LogP contribution < -0.4 is 5.32 Å². The second-order valence-electron chi connectivity index (χ2n) is 12.2. The first-order valence-corrected chi connectivity index (χ1v) is 14.3. The van der Waals surface area contributed by atoms with E-state index in [0.717, 1.165) is 0 Å². The van der Waals surface area contributed by atoms with Crippen molar-refractivity contribution < 1.29 is 33.8 Å². The number of aliphatic hydroxyl groups excluding tert-OH is 1. The van der Waals surface area contributed by atoms with Crippen LogP contribution in [0.15, 0.2) is 54.6 Å². The lowest BCUT2D eigenvalue weighted by Crippen LogP contribution is -2.58. The molecule has 0 bridgehead atoms. The molecule has 2 saturated heterocycles. The minimum atomic E-state index is -1.43. The molecule has 0 aliphatic carbocycles. The second kappa shape index (κ2) is 11.1. The number of esters is 1. The van der Waals surface area contributed by atoms with Crippen LogP contribution in [0.25, 0.3) is 0 Å². The van der Waals surface area contributed by atoms with Crippen molar-refractivity contribution in [3.05, 3.63) is 60.2 Å². The molecular weight excluding hydrogens is 526 g/mol. The molecule has 0 saturated carbocycles. The molecule has 2 fully saturated rings. The molecule has 0 radical (unpaired) electrons. The molecule has 1 spiro atoms. The summed E-state index contributed by atoms with van der Waals surface area (Å²) < 4.78 is 12.8. The highest BCUT2D eigenvalue weighted by atomic mass is 16.6. The lowest BCUT2D eigenvalue weighted by Gasteiger charge is -2.40. The molecule has 1 aromatic rings. The van der Waals surface area contributed by atoms with Gasteiger partial charge in [-0.3, -0.25) is 19.2 Å². The van der Waals surface area contributed by atoms with E-state index in [1.165, 1.54) is 4.90 Å². The van der Waals surface area contributed by atoms with Crippen LogP contribution in [0.1, 0.15) is 52.2 Å². The van der Waals surface area contributed by atoms with E-state index < -0.39 is 59.1 Å². The summed E-state index contributed by atoms with van der Waals surface area (Å²) >= 11 is 0. The summed E-state index contributed by atoms with van der Waals surface area (Å²) in [5.74, 6) is -3.63. The third kappa shape index (κ3) is 5.08. The molecule has 2 N–H and O–H groups in total. The van der Waals surface area contributed by atoms with Gasteiger partial charge in [-0.1, -0.05) is 54.6 Å². The number of likely N-dealkylation sites (tertiary alicyclic amines) is 1. The molecule has 1 aromatic carbocycles. The number of hydrogen-bond donors (Lipinski definition) is 2. The number of amides is 3. The predicted octanol–water partition coefficient (Wildman–Crippen LogP) is 1.90. The smallest absolute Gasteiger partial charge is 0.313 e. The number of nitrogens with zero attached hydrogens (tertiary/aromatic N) is 2. The highest BCUT2D eigenvalue weighted by Crippen LogP contribution is 2.53. The SMILES string of the molecule is C[C@@H]1NC(=O)CC/C=C\[C@@H]2O[C@@]34C=CCN(C(C)(C)C)C(=O)[C@@H]3N(CCO)C(=O)[C@H]4[C@@H]2C(=O)O[C@H]1c1ccccc1. The van der Waals surface area contributed by atoms with Crippen LogP contribution in [0, 0.1) is 11.8 Å². The zero-order chi connectivity index (χ0) is 29.5. The Morgan fingerprint density at radius 2 is 1.80 bits per heavy atom. The van der Waals surface area contributed by atoms with Gasteiger partial charge in [-0.15, -0.1) is 0 Å². The summed E-state index contributed by atoms with van der Waals surface area (Å²) in [5, 5.41) is 12.8. The van der Waals surface area contributed by atoms with Crippen molar-refractivity contribution in [2.45, 2.75) is 76.0 Å². The Hall–Kier alpha value is -3.50. The van der Waals surface area contributed by atoms with Crippen molar-refractivity contribution in [1.82, 2.24) is 15.1 Å². The largest absolute Gasteiger partial charge is 0.455 e. The Morgan fingerprint density at radius 1 is 1.07 bits per heavy atom. The first-order chi connectivity index (χ1) is 19.5. The predicted molar refractivity (Wildman–Crippen MR) is 149 cm³/mol. The van der Waals surface area contributed by atoms with Gasteiger partial charge in [0.1, 0.15) is 23.7 Å². The fourth-order valence-corrected chi connectivity index (χ4v) is 6.66. The van der Waals surface area contributed by atoms with E-state index in [1.807, 2.05) is 57.2 Å². The van der Waals surface area contributed by atoms with Crippen LogP contribution in [0.2, 0.25) is 0 Å². The zero-order valence-electron chi connectivity index (χ0n) is 24.0. The lowest BCUT2D eigenvalue weighted by atomic mass is 9.77. The van der Waals surface area contributed by atoms with Gasteiger partial charge in [0, 0.05) is 25.0 Å². The van der Waals surface area contributed by atoms with Gasteiger partial charge < -0.3 is 29.7 Å². The minimum Gasteiger partial charge on any atom is -0.455 e. The highest BCUT2D eigenvalue weighted by molar-refractivity contribution is 5.99. The Kier molecular flexibility index (Phi) is 7.82. The summed E-state index contributed by atoms with van der Waals surface area (Å²) in [6.45, 7) is 7.44. The third-order valence-corrected chi connectivity index (χ3v) is 8.49. The van der Waals surface area contributed by atoms with Crippen LogP contribution >= 0.6 is 0 Å². The monoisotopic (exact) mass is 565 g/mol. The Labute approximate surface area is 240 Å². The molecule has 4 heterocycles. The molecule has 10 heteroatoms. The van der Waals surface area contributed by atoms with Gasteiger partial charge in [0.25, 0.3) is 0 Å². The van der Waals surface area contributed by atoms with Crippen molar-refractivity contribution >= 4 is 23.7 Å². The van der Waals surface area contributed by atoms with Crippen molar-refractivity contribution in [2.75, 3.05) is 19.7 Å². The summed E-state index contributed by atoms with van der Waals surface area (Å²) in [5.41, 5.74) is -1.26. The zero-order valence-corrected chi connectivity index (χ0v) is 24.0. The van der Waals surface area contributed by atoms with E-state index in [4.69, 9.17) is 9.47 Å². The average molecular weight is 566 g/mol. The van der Waals surface area contributed by atoms with Crippen molar-refractivity contribution in [3.63, 3.8) is 0 Å². The van der Waals surface area contributed by atoms with E-state index >= 15 is 0 Å². The number of nitrogens with one attached hydrogen (secondary N) is 1. The molecule has 220 valence electrons. The molecule has 3 amide bonds. The minimum absolute atomic E-state index is 0.0688. The van der Waals surface area contributed by atoms with E-state index in [2.05, 4.69) is 5.32 Å². The van der Waals surface area contributed by atoms with Crippen LogP contribution in [0.5, 0.6) is 0 Å². The van der Waals surface area contributed by atoms with Crippen molar-refractivity contribution in [1.29, 1.82) is 0 Å². The Bertz CT molecular complexity index is 1260. The van der Waals surface area contributed by atoms with E-state index in [1.54, 1.807) is 30.1 Å². The molecule has 10 nitrogen and oxygen atoms in total. The number of rotatable bonds is 3. The van der Waals surface area contributed by atoms with Gasteiger partial charge >= 0.3 is 5.97 Å². The van der Waals surface area contributed by atoms with Crippen LogP contribution in [-0.2, 0) is 28.7 Å². The first kappa shape index (κ1) is 29.0. The number of hydrogen-bond acceptors (Lipinski definition) is 7. The number of allylic oxidation sites excluding steroid dienone is 1. The number of aliphatic hydroxyl groups is 1. The van der Waals surface area contributed by atoms with E-state index in [-0.39, 0.29) is 31.4 Å². The molecule has 7 atom stereocenters. The number of ether oxygens (including phenoxy) is 2. The Morgan fingerprint density at radius 3 is 2.49 bits per heavy atom. The van der Waals surface area contributed by atoms with Crippen LogP contribution in [-0.4, -0.2) is 87.6 Å². The molecule has 41 heavy (non-hydrogen) atoms. The van der Waals surface area contributed by atoms with Gasteiger partial charge in [0.05, 0.1) is 24.7 Å². The third-order valence-electron chi connectivity index (χ3n) is 8.49. The highest BCUT2D eigenvalue weighted by Gasteiger charge is 2.72. The second-order valence-corrected chi connectivity index (χ2v) is 12.2. The van der Waals surface area contributed by atoms with E-state index in [0.29, 0.717) is 18.5 Å².